The summed E-state index contributed by atoms with van der Waals surface area (Å²) in [4.78, 5) is 13.3. The van der Waals surface area contributed by atoms with Crippen molar-refractivity contribution in [2.75, 3.05) is 18.9 Å². The zero-order valence-corrected chi connectivity index (χ0v) is 11.2. The quantitative estimate of drug-likeness (QED) is 0.736. The summed E-state index contributed by atoms with van der Waals surface area (Å²) in [6.07, 6.45) is 2.64. The van der Waals surface area contributed by atoms with E-state index in [9.17, 15) is 4.79 Å². The number of nitrogens with zero attached hydrogens (tertiary/aromatic N) is 1. The van der Waals surface area contributed by atoms with E-state index in [-0.39, 0.29) is 5.91 Å². The first-order valence-corrected chi connectivity index (χ1v) is 6.70. The first kappa shape index (κ1) is 13.2. The molecule has 0 N–H and O–H groups in total. The summed E-state index contributed by atoms with van der Waals surface area (Å²) in [6.45, 7) is 0.834. The predicted octanol–water partition coefficient (Wildman–Crippen LogP) is 2.86. The van der Waals surface area contributed by atoms with Gasteiger partial charge in [-0.1, -0.05) is 46.3 Å². The van der Waals surface area contributed by atoms with Crippen LogP contribution in [0.5, 0.6) is 0 Å². The van der Waals surface area contributed by atoms with Crippen molar-refractivity contribution >= 4 is 21.8 Å². The molecule has 0 aliphatic carbocycles. The largest absolute Gasteiger partial charge is 0.346 e. The van der Waals surface area contributed by atoms with Crippen LogP contribution in [0.25, 0.3) is 0 Å². The highest BCUT2D eigenvalue weighted by Gasteiger charge is 2.06. The molecule has 0 radical (unpaired) electrons. The molecule has 0 aromatic heterocycles. The minimum atomic E-state index is 0.213. The number of hydrogen-bond acceptors (Lipinski definition) is 1. The minimum Gasteiger partial charge on any atom is -0.346 e. The molecule has 1 aromatic rings. The summed E-state index contributed by atoms with van der Waals surface area (Å²) in [5.74, 6) is 0.213. The van der Waals surface area contributed by atoms with Gasteiger partial charge in [0.25, 0.3) is 0 Å². The fraction of sp³-hybridized carbons (Fsp3) is 0.462. The third kappa shape index (κ3) is 4.79. The van der Waals surface area contributed by atoms with Crippen molar-refractivity contribution < 1.29 is 4.79 Å². The third-order valence-electron chi connectivity index (χ3n) is 2.54. The summed E-state index contributed by atoms with van der Waals surface area (Å²) >= 11 is 3.28. The molecule has 88 valence electrons. The van der Waals surface area contributed by atoms with Crippen LogP contribution in [0, 0.1) is 0 Å². The maximum atomic E-state index is 11.5. The molecule has 0 fully saturated rings. The Balaban J connectivity index is 2.23. The molecule has 0 spiro atoms. The molecule has 0 bridgehead atoms. The lowest BCUT2D eigenvalue weighted by molar-refractivity contribution is -0.129. The minimum absolute atomic E-state index is 0.213. The third-order valence-corrected chi connectivity index (χ3v) is 2.93. The Kier molecular flexibility index (Phi) is 6.16. The fourth-order valence-corrected chi connectivity index (χ4v) is 1.90. The number of benzene rings is 1. The van der Waals surface area contributed by atoms with Crippen LogP contribution in [-0.4, -0.2) is 29.7 Å². The molecule has 0 unspecified atom stereocenters. The molecule has 1 amide bonds. The predicted molar refractivity (Wildman–Crippen MR) is 70.8 cm³/mol. The van der Waals surface area contributed by atoms with Gasteiger partial charge in [0, 0.05) is 25.3 Å². The van der Waals surface area contributed by atoms with E-state index in [0.717, 1.165) is 24.7 Å². The average Bonchev–Trinajstić information content (AvgIpc) is 2.30. The molecule has 0 saturated heterocycles. The Morgan fingerprint density at radius 1 is 1.31 bits per heavy atom. The summed E-state index contributed by atoms with van der Waals surface area (Å²) in [5.41, 5.74) is 1.34. The second kappa shape index (κ2) is 7.44. The summed E-state index contributed by atoms with van der Waals surface area (Å²) in [6, 6.07) is 10.4. The lowest BCUT2D eigenvalue weighted by Gasteiger charge is -2.16. The molecule has 3 heteroatoms. The number of halogens is 1. The Bertz CT molecular complexity index is 313. The van der Waals surface area contributed by atoms with Gasteiger partial charge in [-0.2, -0.15) is 0 Å². The molecular formula is C13H18BrNO. The molecule has 0 atom stereocenters. The number of aryl methyl sites for hydroxylation is 1. The standard InChI is InChI=1S/C13H18BrNO/c1-15(13(16)9-10-14)11-5-8-12-6-3-2-4-7-12/h2-4,6-7H,5,8-11H2,1H3. The molecule has 2 nitrogen and oxygen atoms in total. The van der Waals surface area contributed by atoms with Crippen LogP contribution in [0.4, 0.5) is 0 Å². The van der Waals surface area contributed by atoms with Gasteiger partial charge in [0.2, 0.25) is 5.91 Å². The van der Waals surface area contributed by atoms with E-state index in [0.29, 0.717) is 6.42 Å². The molecule has 0 aliphatic rings. The monoisotopic (exact) mass is 283 g/mol. The van der Waals surface area contributed by atoms with Crippen LogP contribution in [0.1, 0.15) is 18.4 Å². The van der Waals surface area contributed by atoms with Crippen LogP contribution >= 0.6 is 15.9 Å². The maximum absolute atomic E-state index is 11.5. The van der Waals surface area contributed by atoms with Gasteiger partial charge in [-0.05, 0) is 18.4 Å². The Hall–Kier alpha value is -0.830. The molecule has 1 aromatic carbocycles. The fourth-order valence-electron chi connectivity index (χ4n) is 1.56. The molecule has 0 saturated carbocycles. The number of hydrogen-bond donors (Lipinski definition) is 0. The number of carbonyl (C=O) groups is 1. The van der Waals surface area contributed by atoms with E-state index in [2.05, 4.69) is 40.2 Å². The van der Waals surface area contributed by atoms with Crippen LogP contribution in [0.3, 0.4) is 0 Å². The van der Waals surface area contributed by atoms with E-state index < -0.39 is 0 Å². The first-order valence-electron chi connectivity index (χ1n) is 5.58. The zero-order chi connectivity index (χ0) is 11.8. The smallest absolute Gasteiger partial charge is 0.223 e. The average molecular weight is 284 g/mol. The van der Waals surface area contributed by atoms with Gasteiger partial charge in [-0.3, -0.25) is 4.79 Å². The molecule has 1 rings (SSSR count). The van der Waals surface area contributed by atoms with Crippen LogP contribution < -0.4 is 0 Å². The summed E-state index contributed by atoms with van der Waals surface area (Å²) in [5, 5.41) is 0.745. The number of amides is 1. The highest BCUT2D eigenvalue weighted by Crippen LogP contribution is 2.03. The first-order chi connectivity index (χ1) is 7.74. The topological polar surface area (TPSA) is 20.3 Å². The summed E-state index contributed by atoms with van der Waals surface area (Å²) < 4.78 is 0. The van der Waals surface area contributed by atoms with Gasteiger partial charge in [0.1, 0.15) is 0 Å². The van der Waals surface area contributed by atoms with Gasteiger partial charge >= 0.3 is 0 Å². The van der Waals surface area contributed by atoms with E-state index in [1.807, 2.05) is 18.0 Å². The van der Waals surface area contributed by atoms with Crippen LogP contribution in [0.15, 0.2) is 30.3 Å². The van der Waals surface area contributed by atoms with Crippen molar-refractivity contribution in [1.29, 1.82) is 0 Å². The normalized spacial score (nSPS) is 10.1. The van der Waals surface area contributed by atoms with Gasteiger partial charge in [0.15, 0.2) is 0 Å². The van der Waals surface area contributed by atoms with Crippen molar-refractivity contribution in [3.05, 3.63) is 35.9 Å². The zero-order valence-electron chi connectivity index (χ0n) is 9.66. The highest BCUT2D eigenvalue weighted by molar-refractivity contribution is 9.09. The van der Waals surface area contributed by atoms with Crippen LogP contribution in [-0.2, 0) is 11.2 Å². The van der Waals surface area contributed by atoms with Gasteiger partial charge < -0.3 is 4.90 Å². The van der Waals surface area contributed by atoms with Crippen molar-refractivity contribution in [3.63, 3.8) is 0 Å². The number of carbonyl (C=O) groups excluding carboxylic acids is 1. The van der Waals surface area contributed by atoms with Gasteiger partial charge in [0.05, 0.1) is 0 Å². The van der Waals surface area contributed by atoms with Crippen molar-refractivity contribution in [2.45, 2.75) is 19.3 Å². The molecule has 0 heterocycles. The van der Waals surface area contributed by atoms with E-state index in [1.54, 1.807) is 0 Å². The highest BCUT2D eigenvalue weighted by atomic mass is 79.9. The number of rotatable bonds is 6. The van der Waals surface area contributed by atoms with Crippen LogP contribution in [0.2, 0.25) is 0 Å². The molecule has 0 aliphatic heterocycles. The van der Waals surface area contributed by atoms with E-state index >= 15 is 0 Å². The van der Waals surface area contributed by atoms with Crippen molar-refractivity contribution in [1.82, 2.24) is 4.90 Å². The lowest BCUT2D eigenvalue weighted by atomic mass is 10.1. The summed E-state index contributed by atoms with van der Waals surface area (Å²) in [7, 11) is 1.87. The second-order valence-electron chi connectivity index (χ2n) is 3.84. The Labute approximate surface area is 106 Å². The SMILES string of the molecule is CN(CCCc1ccccc1)C(=O)CCBr. The van der Waals surface area contributed by atoms with Gasteiger partial charge in [-0.25, -0.2) is 0 Å². The van der Waals surface area contributed by atoms with Gasteiger partial charge in [-0.15, -0.1) is 0 Å². The number of alkyl halides is 1. The van der Waals surface area contributed by atoms with Crippen molar-refractivity contribution in [2.24, 2.45) is 0 Å². The lowest BCUT2D eigenvalue weighted by Crippen LogP contribution is -2.28. The molecule has 16 heavy (non-hydrogen) atoms. The maximum Gasteiger partial charge on any atom is 0.223 e. The van der Waals surface area contributed by atoms with E-state index in [1.165, 1.54) is 5.56 Å². The Morgan fingerprint density at radius 2 is 2.00 bits per heavy atom. The van der Waals surface area contributed by atoms with Crippen molar-refractivity contribution in [3.8, 4) is 0 Å². The van der Waals surface area contributed by atoms with E-state index in [4.69, 9.17) is 0 Å². The molecular weight excluding hydrogens is 266 g/mol. The second-order valence-corrected chi connectivity index (χ2v) is 4.64. The Morgan fingerprint density at radius 3 is 2.62 bits per heavy atom.